The lowest BCUT2D eigenvalue weighted by atomic mass is 9.73. The standard InChI is InChI=1S/2C28H32ClN5O3/c2*1-27(17-35)5-3-22-19(27)11-18(14-31-22)21-4-8-30-26(32-21)33-23-12-20(29)24(13-25(23)36-2)34-15-28(16-34)6-9-37-10-7-28/h2*4,8,11-14,35H,3,5-7,9-10,15-17H2,1-2H3,(H,30,32,33). The third kappa shape index (κ3) is 9.69. The maximum absolute atomic E-state index is 9.96. The van der Waals surface area contributed by atoms with E-state index in [0.29, 0.717) is 55.6 Å². The SMILES string of the molecule is COc1cc(N2CC3(CCOCC3)C2)c(Cl)cc1Nc1nccc(-c2cnc3c(c2)C(C)(CO)CC3)n1.COc1cc(N2CC3(CCOCC3)C2)c(Cl)cc1Nc1nccc(-c2cnc3c(c2)C(C)(CO)CC3)n1. The van der Waals surface area contributed by atoms with Gasteiger partial charge in [0.1, 0.15) is 11.5 Å². The first kappa shape index (κ1) is 50.3. The van der Waals surface area contributed by atoms with Crippen LogP contribution in [-0.4, -0.2) is 120 Å². The van der Waals surface area contributed by atoms with Crippen LogP contribution in [0.5, 0.6) is 11.5 Å². The number of nitrogens with zero attached hydrogens (tertiary/aromatic N) is 8. The van der Waals surface area contributed by atoms with Crippen molar-refractivity contribution in [3.63, 3.8) is 0 Å². The molecule has 8 heterocycles. The highest BCUT2D eigenvalue weighted by Crippen LogP contribution is 2.49. The summed E-state index contributed by atoms with van der Waals surface area (Å²) in [5, 5.41) is 27.8. The summed E-state index contributed by atoms with van der Waals surface area (Å²) in [6.07, 6.45) is 15.1. The van der Waals surface area contributed by atoms with Crippen LogP contribution in [0.15, 0.2) is 73.3 Å². The average Bonchev–Trinajstić information content (AvgIpc) is 3.94. The fourth-order valence-corrected chi connectivity index (χ4v) is 12.3. The zero-order valence-electron chi connectivity index (χ0n) is 42.5. The molecule has 388 valence electrons. The van der Waals surface area contributed by atoms with Crippen LogP contribution < -0.4 is 29.9 Å². The van der Waals surface area contributed by atoms with E-state index in [-0.39, 0.29) is 24.0 Å². The Morgan fingerprint density at radius 3 is 1.36 bits per heavy atom. The molecular formula is C56H64Cl2N10O6. The molecule has 4 saturated heterocycles. The highest BCUT2D eigenvalue weighted by atomic mass is 35.5. The summed E-state index contributed by atoms with van der Waals surface area (Å²) in [6, 6.07) is 15.7. The van der Waals surface area contributed by atoms with Gasteiger partial charge in [0, 0.05) is 134 Å². The first-order valence-corrected chi connectivity index (χ1v) is 26.4. The van der Waals surface area contributed by atoms with Gasteiger partial charge in [-0.2, -0.15) is 0 Å². The van der Waals surface area contributed by atoms with E-state index in [1.165, 1.54) is 0 Å². The Balaban J connectivity index is 0.000000159. The van der Waals surface area contributed by atoms with Crippen molar-refractivity contribution in [2.24, 2.45) is 10.8 Å². The van der Waals surface area contributed by atoms with Crippen LogP contribution in [0.4, 0.5) is 34.6 Å². The maximum Gasteiger partial charge on any atom is 0.227 e. The van der Waals surface area contributed by atoms with Crippen molar-refractivity contribution >= 4 is 57.8 Å². The number of rotatable bonds is 12. The molecule has 6 aromatic rings. The summed E-state index contributed by atoms with van der Waals surface area (Å²) in [7, 11) is 3.31. The van der Waals surface area contributed by atoms with Gasteiger partial charge in [-0.1, -0.05) is 37.0 Å². The normalized spacial score (nSPS) is 22.0. The highest BCUT2D eigenvalue weighted by molar-refractivity contribution is 6.34. The second kappa shape index (κ2) is 20.3. The van der Waals surface area contributed by atoms with Crippen molar-refractivity contribution in [1.29, 1.82) is 0 Å². The second-order valence-corrected chi connectivity index (χ2v) is 22.4. The summed E-state index contributed by atoms with van der Waals surface area (Å²) < 4.78 is 22.5. The van der Waals surface area contributed by atoms with E-state index in [1.807, 2.05) is 48.8 Å². The Labute approximate surface area is 442 Å². The van der Waals surface area contributed by atoms with Gasteiger partial charge in [0.15, 0.2) is 0 Å². The summed E-state index contributed by atoms with van der Waals surface area (Å²) >= 11 is 13.5. The van der Waals surface area contributed by atoms with Crippen molar-refractivity contribution in [2.45, 2.75) is 76.0 Å². The Bertz CT molecular complexity index is 2840. The average molecular weight is 1040 g/mol. The lowest BCUT2D eigenvalue weighted by Crippen LogP contribution is -2.58. The number of nitrogens with one attached hydrogen (secondary N) is 2. The van der Waals surface area contributed by atoms with Crippen LogP contribution in [0, 0.1) is 10.8 Å². The number of aromatic nitrogens is 6. The Kier molecular flexibility index (Phi) is 13.8. The van der Waals surface area contributed by atoms with Crippen LogP contribution >= 0.6 is 23.2 Å². The number of pyridine rings is 2. The number of anilines is 6. The molecule has 74 heavy (non-hydrogen) atoms. The summed E-state index contributed by atoms with van der Waals surface area (Å²) in [4.78, 5) is 32.3. The zero-order valence-corrected chi connectivity index (χ0v) is 44.0. The van der Waals surface area contributed by atoms with Crippen LogP contribution in [0.1, 0.15) is 74.9 Å². The number of halogens is 2. The van der Waals surface area contributed by atoms with Crippen LogP contribution in [0.25, 0.3) is 22.5 Å². The summed E-state index contributed by atoms with van der Waals surface area (Å²) in [5.74, 6) is 2.24. The second-order valence-electron chi connectivity index (χ2n) is 21.6. The predicted octanol–water partition coefficient (Wildman–Crippen LogP) is 9.51. The van der Waals surface area contributed by atoms with Crippen LogP contribution in [0.3, 0.4) is 0 Å². The van der Waals surface area contributed by atoms with E-state index < -0.39 is 0 Å². The highest BCUT2D eigenvalue weighted by Gasteiger charge is 2.46. The molecule has 2 spiro atoms. The number of benzene rings is 2. The summed E-state index contributed by atoms with van der Waals surface area (Å²) in [5.41, 5.74) is 11.1. The minimum atomic E-state index is -0.265. The van der Waals surface area contributed by atoms with Gasteiger partial charge in [-0.25, -0.2) is 19.9 Å². The topological polar surface area (TPSA) is 185 Å². The molecule has 4 fully saturated rings. The minimum Gasteiger partial charge on any atom is -0.494 e. The van der Waals surface area contributed by atoms with Crippen molar-refractivity contribution in [3.05, 3.63) is 106 Å². The molecule has 2 unspecified atom stereocenters. The van der Waals surface area contributed by atoms with Gasteiger partial charge < -0.3 is 49.6 Å². The Morgan fingerprint density at radius 2 is 0.986 bits per heavy atom. The molecule has 16 nitrogen and oxygen atoms in total. The molecule has 0 bridgehead atoms. The smallest absolute Gasteiger partial charge is 0.227 e. The number of aliphatic hydroxyl groups excluding tert-OH is 2. The van der Waals surface area contributed by atoms with E-state index in [2.05, 4.69) is 66.3 Å². The third-order valence-electron chi connectivity index (χ3n) is 16.6. The van der Waals surface area contributed by atoms with E-state index in [9.17, 15) is 10.2 Å². The first-order valence-electron chi connectivity index (χ1n) is 25.7. The molecule has 0 radical (unpaired) electrons. The van der Waals surface area contributed by atoms with E-state index in [1.54, 1.807) is 26.6 Å². The number of ether oxygens (including phenoxy) is 4. The molecule has 2 aliphatic carbocycles. The fraction of sp³-hybridized carbons (Fsp3) is 0.464. The molecule has 2 aromatic carbocycles. The van der Waals surface area contributed by atoms with E-state index in [4.69, 9.17) is 52.1 Å². The zero-order chi connectivity index (χ0) is 51.2. The van der Waals surface area contributed by atoms with Crippen LogP contribution in [-0.2, 0) is 33.1 Å². The molecule has 4 aliphatic heterocycles. The minimum absolute atomic E-state index is 0.102. The number of hydrogen-bond acceptors (Lipinski definition) is 16. The van der Waals surface area contributed by atoms with Crippen molar-refractivity contribution in [2.75, 3.05) is 100 Å². The Morgan fingerprint density at radius 1 is 0.581 bits per heavy atom. The lowest BCUT2D eigenvalue weighted by molar-refractivity contribution is -0.000353. The van der Waals surface area contributed by atoms with Gasteiger partial charge in [-0.15, -0.1) is 0 Å². The van der Waals surface area contributed by atoms with Gasteiger partial charge in [-0.3, -0.25) is 9.97 Å². The number of aryl methyl sites for hydroxylation is 2. The van der Waals surface area contributed by atoms with Crippen molar-refractivity contribution in [3.8, 4) is 34.0 Å². The monoisotopic (exact) mass is 1040 g/mol. The molecule has 18 heteroatoms. The van der Waals surface area contributed by atoms with Crippen molar-refractivity contribution in [1.82, 2.24) is 29.9 Å². The third-order valence-corrected chi connectivity index (χ3v) is 17.2. The fourth-order valence-electron chi connectivity index (χ4n) is 11.7. The molecule has 0 amide bonds. The van der Waals surface area contributed by atoms with Gasteiger partial charge in [0.05, 0.1) is 71.6 Å². The molecule has 0 saturated carbocycles. The van der Waals surface area contributed by atoms with Gasteiger partial charge in [0.2, 0.25) is 11.9 Å². The van der Waals surface area contributed by atoms with Crippen molar-refractivity contribution < 1.29 is 29.2 Å². The summed E-state index contributed by atoms with van der Waals surface area (Å²) in [6.45, 7) is 11.7. The number of aliphatic hydroxyl groups is 2. The maximum atomic E-state index is 9.96. The van der Waals surface area contributed by atoms with Gasteiger partial charge >= 0.3 is 0 Å². The van der Waals surface area contributed by atoms with E-state index in [0.717, 1.165) is 160 Å². The Hall–Kier alpha value is -5.88. The van der Waals surface area contributed by atoms with Gasteiger partial charge in [-0.05, 0) is 98.9 Å². The quantitative estimate of drug-likeness (QED) is 0.0908. The predicted molar refractivity (Wildman–Crippen MR) is 288 cm³/mol. The lowest BCUT2D eigenvalue weighted by Gasteiger charge is -2.53. The van der Waals surface area contributed by atoms with Crippen LogP contribution in [0.2, 0.25) is 10.0 Å². The number of methoxy groups -OCH3 is 2. The molecule has 6 aliphatic rings. The molecule has 4 aromatic heterocycles. The largest absolute Gasteiger partial charge is 0.494 e. The first-order chi connectivity index (χ1) is 35.8. The number of fused-ring (bicyclic) bond motifs is 2. The number of hydrogen-bond donors (Lipinski definition) is 4. The van der Waals surface area contributed by atoms with E-state index >= 15 is 0 Å². The molecular weight excluding hydrogens is 980 g/mol. The molecule has 2 atom stereocenters. The molecule has 4 N–H and O–H groups in total. The molecule has 12 rings (SSSR count). The van der Waals surface area contributed by atoms with Gasteiger partial charge in [0.25, 0.3) is 0 Å².